The molecule has 0 radical (unpaired) electrons. The van der Waals surface area contributed by atoms with Crippen molar-refractivity contribution in [2.24, 2.45) is 0 Å². The predicted octanol–water partition coefficient (Wildman–Crippen LogP) is 2.32. The summed E-state index contributed by atoms with van der Waals surface area (Å²) in [6.45, 7) is 6.12. The van der Waals surface area contributed by atoms with Gasteiger partial charge in [0.15, 0.2) is 0 Å². The maximum Gasteiger partial charge on any atom is 0.253 e. The van der Waals surface area contributed by atoms with Crippen molar-refractivity contribution in [3.05, 3.63) is 59.2 Å². The van der Waals surface area contributed by atoms with E-state index in [1.165, 1.54) is 0 Å². The molecular formula is C20H24N2O4S. The molecule has 0 aromatic heterocycles. The van der Waals surface area contributed by atoms with E-state index < -0.39 is 16.1 Å². The molecule has 7 heteroatoms. The minimum atomic E-state index is -3.63. The zero-order chi connectivity index (χ0) is 19.6. The van der Waals surface area contributed by atoms with Gasteiger partial charge in [0.25, 0.3) is 5.91 Å². The van der Waals surface area contributed by atoms with Gasteiger partial charge in [-0.25, -0.2) is 13.1 Å². The highest BCUT2D eigenvalue weighted by Gasteiger charge is 2.28. The van der Waals surface area contributed by atoms with Crippen molar-refractivity contribution in [1.82, 2.24) is 4.72 Å². The Labute approximate surface area is 160 Å². The quantitative estimate of drug-likeness (QED) is 0.853. The van der Waals surface area contributed by atoms with Crippen LogP contribution in [-0.2, 0) is 19.6 Å². The highest BCUT2D eigenvalue weighted by molar-refractivity contribution is 7.89. The van der Waals surface area contributed by atoms with Crippen LogP contribution in [0.5, 0.6) is 0 Å². The molecule has 3 rings (SSSR count). The zero-order valence-electron chi connectivity index (χ0n) is 15.7. The van der Waals surface area contributed by atoms with Crippen LogP contribution in [0.1, 0.15) is 16.7 Å². The number of hydrogen-bond acceptors (Lipinski definition) is 4. The Morgan fingerprint density at radius 1 is 1.11 bits per heavy atom. The molecule has 0 bridgehead atoms. The van der Waals surface area contributed by atoms with Gasteiger partial charge in [0.05, 0.1) is 17.5 Å². The summed E-state index contributed by atoms with van der Waals surface area (Å²) >= 11 is 0. The van der Waals surface area contributed by atoms with Crippen LogP contribution in [0.2, 0.25) is 0 Å². The number of benzene rings is 2. The minimum Gasteiger partial charge on any atom is -0.365 e. The first-order valence-corrected chi connectivity index (χ1v) is 10.3. The first kappa shape index (κ1) is 19.5. The summed E-state index contributed by atoms with van der Waals surface area (Å²) in [5.41, 5.74) is 3.81. The van der Waals surface area contributed by atoms with Crippen molar-refractivity contribution in [2.45, 2.75) is 31.8 Å². The lowest BCUT2D eigenvalue weighted by molar-refractivity contribution is -0.129. The molecule has 1 heterocycles. The number of carbonyl (C=O) groups excluding carboxylic acids is 1. The second kappa shape index (κ2) is 7.80. The van der Waals surface area contributed by atoms with E-state index >= 15 is 0 Å². The van der Waals surface area contributed by atoms with Crippen molar-refractivity contribution in [2.75, 3.05) is 24.6 Å². The largest absolute Gasteiger partial charge is 0.365 e. The molecule has 6 nitrogen and oxygen atoms in total. The van der Waals surface area contributed by atoms with Crippen LogP contribution >= 0.6 is 0 Å². The first-order valence-electron chi connectivity index (χ1n) is 8.82. The zero-order valence-corrected chi connectivity index (χ0v) is 16.5. The van der Waals surface area contributed by atoms with Gasteiger partial charge < -0.3 is 9.64 Å². The smallest absolute Gasteiger partial charge is 0.253 e. The van der Waals surface area contributed by atoms with Crippen LogP contribution in [0.4, 0.5) is 5.69 Å². The van der Waals surface area contributed by atoms with Gasteiger partial charge in [-0.2, -0.15) is 0 Å². The van der Waals surface area contributed by atoms with E-state index in [-0.39, 0.29) is 24.0 Å². The van der Waals surface area contributed by atoms with E-state index in [0.29, 0.717) is 6.54 Å². The third-order valence-corrected chi connectivity index (χ3v) is 6.15. The van der Waals surface area contributed by atoms with Gasteiger partial charge in [-0.05, 0) is 61.7 Å². The fraction of sp³-hybridized carbons (Fsp3) is 0.350. The summed E-state index contributed by atoms with van der Waals surface area (Å²) < 4.78 is 33.2. The fourth-order valence-corrected chi connectivity index (χ4v) is 4.11. The molecule has 1 aliphatic rings. The molecule has 1 unspecified atom stereocenters. The number of aryl methyl sites for hydroxylation is 3. The van der Waals surface area contributed by atoms with E-state index in [2.05, 4.69) is 4.72 Å². The van der Waals surface area contributed by atoms with E-state index in [1.54, 1.807) is 23.1 Å². The summed E-state index contributed by atoms with van der Waals surface area (Å²) in [4.78, 5) is 14.1. The number of morpholine rings is 1. The summed E-state index contributed by atoms with van der Waals surface area (Å²) in [7, 11) is -3.63. The Balaban J connectivity index is 1.68. The third kappa shape index (κ3) is 4.55. The molecule has 1 amide bonds. The second-order valence-corrected chi connectivity index (χ2v) is 8.64. The molecule has 1 atom stereocenters. The SMILES string of the molecule is Cc1cccc(N2CC(CNS(=O)(=O)c3ccc(C)c(C)c3)OCC2=O)c1. The average Bonchev–Trinajstić information content (AvgIpc) is 2.63. The van der Waals surface area contributed by atoms with Gasteiger partial charge in [-0.1, -0.05) is 18.2 Å². The maximum absolute atomic E-state index is 12.6. The fourth-order valence-electron chi connectivity index (χ4n) is 2.96. The summed E-state index contributed by atoms with van der Waals surface area (Å²) in [5.74, 6) is -0.131. The normalized spacial score (nSPS) is 18.0. The maximum atomic E-state index is 12.6. The lowest BCUT2D eigenvalue weighted by Gasteiger charge is -2.33. The average molecular weight is 388 g/mol. The van der Waals surface area contributed by atoms with Crippen LogP contribution in [0.15, 0.2) is 47.4 Å². The highest BCUT2D eigenvalue weighted by Crippen LogP contribution is 2.20. The molecule has 1 saturated heterocycles. The molecule has 27 heavy (non-hydrogen) atoms. The predicted molar refractivity (Wildman–Crippen MR) is 104 cm³/mol. The van der Waals surface area contributed by atoms with Crippen molar-refractivity contribution >= 4 is 21.6 Å². The number of hydrogen-bond donors (Lipinski definition) is 1. The lowest BCUT2D eigenvalue weighted by atomic mass is 10.1. The van der Waals surface area contributed by atoms with E-state index in [0.717, 1.165) is 22.4 Å². The Hall–Kier alpha value is -2.22. The molecule has 2 aromatic rings. The van der Waals surface area contributed by atoms with Crippen LogP contribution in [-0.4, -0.2) is 40.1 Å². The van der Waals surface area contributed by atoms with Gasteiger partial charge in [-0.3, -0.25) is 4.79 Å². The molecule has 0 aliphatic carbocycles. The summed E-state index contributed by atoms with van der Waals surface area (Å²) in [6.07, 6.45) is -0.412. The number of ether oxygens (including phenoxy) is 1. The molecule has 144 valence electrons. The molecule has 2 aromatic carbocycles. The monoisotopic (exact) mass is 388 g/mol. The molecule has 0 saturated carbocycles. The van der Waals surface area contributed by atoms with Crippen molar-refractivity contribution < 1.29 is 17.9 Å². The van der Waals surface area contributed by atoms with Gasteiger partial charge in [0, 0.05) is 12.2 Å². The molecule has 1 N–H and O–H groups in total. The number of carbonyl (C=O) groups is 1. The molecular weight excluding hydrogens is 364 g/mol. The standard InChI is InChI=1S/C20H24N2O4S/c1-14-5-4-6-17(9-14)22-12-18(26-13-20(22)23)11-21-27(24,25)19-8-7-15(2)16(3)10-19/h4-10,18,21H,11-13H2,1-3H3. The second-order valence-electron chi connectivity index (χ2n) is 6.87. The third-order valence-electron chi connectivity index (χ3n) is 4.73. The molecule has 0 spiro atoms. The summed E-state index contributed by atoms with van der Waals surface area (Å²) in [6, 6.07) is 12.7. The van der Waals surface area contributed by atoms with Gasteiger partial charge in [0.1, 0.15) is 6.61 Å². The summed E-state index contributed by atoms with van der Waals surface area (Å²) in [5, 5.41) is 0. The Morgan fingerprint density at radius 3 is 2.59 bits per heavy atom. The molecule has 1 fully saturated rings. The van der Waals surface area contributed by atoms with Gasteiger partial charge in [-0.15, -0.1) is 0 Å². The number of anilines is 1. The minimum absolute atomic E-state index is 0.0655. The van der Waals surface area contributed by atoms with Crippen molar-refractivity contribution in [3.8, 4) is 0 Å². The van der Waals surface area contributed by atoms with Crippen LogP contribution in [0.3, 0.4) is 0 Å². The number of amides is 1. The van der Waals surface area contributed by atoms with E-state index in [9.17, 15) is 13.2 Å². The number of sulfonamides is 1. The molecule has 1 aliphatic heterocycles. The van der Waals surface area contributed by atoms with E-state index in [4.69, 9.17) is 4.74 Å². The van der Waals surface area contributed by atoms with Crippen LogP contribution < -0.4 is 9.62 Å². The first-order chi connectivity index (χ1) is 12.8. The van der Waals surface area contributed by atoms with Gasteiger partial charge in [0.2, 0.25) is 10.0 Å². The Kier molecular flexibility index (Phi) is 5.64. The van der Waals surface area contributed by atoms with Crippen LogP contribution in [0.25, 0.3) is 0 Å². The highest BCUT2D eigenvalue weighted by atomic mass is 32.2. The Morgan fingerprint density at radius 2 is 1.89 bits per heavy atom. The topological polar surface area (TPSA) is 75.7 Å². The van der Waals surface area contributed by atoms with E-state index in [1.807, 2.05) is 45.0 Å². The van der Waals surface area contributed by atoms with Crippen molar-refractivity contribution in [1.29, 1.82) is 0 Å². The number of nitrogens with zero attached hydrogens (tertiary/aromatic N) is 1. The number of nitrogens with one attached hydrogen (secondary N) is 1. The van der Waals surface area contributed by atoms with Crippen LogP contribution in [0, 0.1) is 20.8 Å². The number of rotatable bonds is 5. The lowest BCUT2D eigenvalue weighted by Crippen LogP contribution is -2.50. The Bertz CT molecular complexity index is 956. The van der Waals surface area contributed by atoms with Crippen molar-refractivity contribution in [3.63, 3.8) is 0 Å². The van der Waals surface area contributed by atoms with Gasteiger partial charge >= 0.3 is 0 Å².